The minimum Gasteiger partial charge on any atom is -0.352 e. The summed E-state index contributed by atoms with van der Waals surface area (Å²) in [4.78, 5) is 32.8. The number of thiophene rings is 1. The Morgan fingerprint density at radius 3 is 2.53 bits per heavy atom. The number of aryl methyl sites for hydroxylation is 1. The Kier molecular flexibility index (Phi) is 6.20. The normalized spacial score (nSPS) is 10.8. The summed E-state index contributed by atoms with van der Waals surface area (Å²) < 4.78 is 0. The predicted molar refractivity (Wildman–Crippen MR) is 119 cm³/mol. The lowest BCUT2D eigenvalue weighted by atomic mass is 10.1. The summed E-state index contributed by atoms with van der Waals surface area (Å²) in [5.41, 5.74) is 3.54. The van der Waals surface area contributed by atoms with Gasteiger partial charge in [-0.05, 0) is 47.7 Å². The highest BCUT2D eigenvalue weighted by atomic mass is 32.1. The van der Waals surface area contributed by atoms with Gasteiger partial charge in [0.2, 0.25) is 0 Å². The van der Waals surface area contributed by atoms with E-state index in [9.17, 15) is 9.59 Å². The molecule has 30 heavy (non-hydrogen) atoms. The lowest BCUT2D eigenvalue weighted by molar-refractivity contribution is 0.0944. The van der Waals surface area contributed by atoms with Gasteiger partial charge in [0.05, 0.1) is 15.9 Å². The number of aromatic nitrogens is 2. The number of hydrogen-bond acceptors (Lipinski definition) is 4. The van der Waals surface area contributed by atoms with Crippen LogP contribution in [0.15, 0.2) is 66.0 Å². The number of rotatable bonds is 8. The van der Waals surface area contributed by atoms with Crippen molar-refractivity contribution in [1.29, 1.82) is 0 Å². The summed E-state index contributed by atoms with van der Waals surface area (Å²) in [6.07, 6.45) is 1.58. The molecule has 6 nitrogen and oxygen atoms in total. The van der Waals surface area contributed by atoms with Crippen LogP contribution in [0.25, 0.3) is 11.0 Å². The molecule has 4 aromatic rings. The van der Waals surface area contributed by atoms with E-state index in [-0.39, 0.29) is 11.8 Å². The van der Waals surface area contributed by atoms with Crippen molar-refractivity contribution >= 4 is 34.2 Å². The van der Waals surface area contributed by atoms with Crippen LogP contribution in [0.4, 0.5) is 0 Å². The molecule has 2 aromatic carbocycles. The van der Waals surface area contributed by atoms with Crippen molar-refractivity contribution in [2.24, 2.45) is 0 Å². The van der Waals surface area contributed by atoms with E-state index in [1.54, 1.807) is 18.2 Å². The summed E-state index contributed by atoms with van der Waals surface area (Å²) in [6.45, 7) is 1.00. The Hall–Kier alpha value is -3.45. The van der Waals surface area contributed by atoms with Crippen molar-refractivity contribution < 1.29 is 9.59 Å². The molecule has 0 atom stereocenters. The highest BCUT2D eigenvalue weighted by Crippen LogP contribution is 2.12. The number of aromatic amines is 1. The maximum atomic E-state index is 12.3. The first-order chi connectivity index (χ1) is 14.7. The van der Waals surface area contributed by atoms with Gasteiger partial charge in [-0.2, -0.15) is 0 Å². The Labute approximate surface area is 178 Å². The third-order valence-electron chi connectivity index (χ3n) is 4.73. The fourth-order valence-electron chi connectivity index (χ4n) is 3.14. The van der Waals surface area contributed by atoms with Crippen molar-refractivity contribution in [3.63, 3.8) is 0 Å². The van der Waals surface area contributed by atoms with Crippen LogP contribution >= 0.6 is 11.3 Å². The predicted octanol–water partition coefficient (Wildman–Crippen LogP) is 3.92. The van der Waals surface area contributed by atoms with Crippen LogP contribution in [0.1, 0.15) is 37.8 Å². The molecule has 0 aliphatic heterocycles. The highest BCUT2D eigenvalue weighted by Gasteiger charge is 2.08. The van der Waals surface area contributed by atoms with E-state index in [2.05, 4.69) is 20.6 Å². The standard InChI is InChI=1S/C23H22N4O2S/c28-22(24-13-3-8-21-26-18-5-1-2-6-19(18)27-21)17-11-9-16(10-12-17)15-25-23(29)20-7-4-14-30-20/h1-2,4-7,9-12,14H,3,8,13,15H2,(H,24,28)(H,25,29)(H,26,27). The van der Waals surface area contributed by atoms with Gasteiger partial charge >= 0.3 is 0 Å². The zero-order valence-corrected chi connectivity index (χ0v) is 17.2. The van der Waals surface area contributed by atoms with Gasteiger partial charge < -0.3 is 15.6 Å². The van der Waals surface area contributed by atoms with Crippen molar-refractivity contribution in [3.05, 3.63) is 87.9 Å². The summed E-state index contributed by atoms with van der Waals surface area (Å²) >= 11 is 1.41. The molecule has 0 bridgehead atoms. The molecule has 3 N–H and O–H groups in total. The van der Waals surface area contributed by atoms with Crippen LogP contribution < -0.4 is 10.6 Å². The highest BCUT2D eigenvalue weighted by molar-refractivity contribution is 7.12. The lowest BCUT2D eigenvalue weighted by Crippen LogP contribution is -2.25. The van der Waals surface area contributed by atoms with E-state index < -0.39 is 0 Å². The maximum Gasteiger partial charge on any atom is 0.261 e. The molecule has 0 aliphatic carbocycles. The van der Waals surface area contributed by atoms with Crippen molar-refractivity contribution in [2.45, 2.75) is 19.4 Å². The van der Waals surface area contributed by atoms with E-state index in [0.717, 1.165) is 35.3 Å². The smallest absolute Gasteiger partial charge is 0.261 e. The number of H-pyrrole nitrogens is 1. The molecule has 0 saturated heterocycles. The second kappa shape index (κ2) is 9.37. The van der Waals surface area contributed by atoms with Crippen LogP contribution in [0.5, 0.6) is 0 Å². The molecule has 152 valence electrons. The number of amides is 2. The second-order valence-corrected chi connectivity index (χ2v) is 7.86. The van der Waals surface area contributed by atoms with Crippen LogP contribution in [-0.4, -0.2) is 28.3 Å². The monoisotopic (exact) mass is 418 g/mol. The first kappa shape index (κ1) is 19.8. The molecule has 7 heteroatoms. The Bertz CT molecular complexity index is 1100. The van der Waals surface area contributed by atoms with Crippen LogP contribution in [0.2, 0.25) is 0 Å². The quantitative estimate of drug-likeness (QED) is 0.379. The summed E-state index contributed by atoms with van der Waals surface area (Å²) in [6, 6.07) is 18.9. The van der Waals surface area contributed by atoms with Gasteiger partial charge in [0.25, 0.3) is 11.8 Å². The zero-order chi connectivity index (χ0) is 20.8. The average Bonchev–Trinajstić information content (AvgIpc) is 3.45. The third kappa shape index (κ3) is 4.93. The molecule has 0 radical (unpaired) electrons. The fourth-order valence-corrected chi connectivity index (χ4v) is 3.78. The molecule has 4 rings (SSSR count). The van der Waals surface area contributed by atoms with E-state index in [1.165, 1.54) is 11.3 Å². The number of para-hydroxylation sites is 2. The number of carbonyl (C=O) groups is 2. The molecule has 0 aliphatic rings. The van der Waals surface area contributed by atoms with Gasteiger partial charge in [0.15, 0.2) is 0 Å². The van der Waals surface area contributed by atoms with E-state index >= 15 is 0 Å². The van der Waals surface area contributed by atoms with Gasteiger partial charge in [-0.1, -0.05) is 30.3 Å². The fraction of sp³-hybridized carbons (Fsp3) is 0.174. The minimum absolute atomic E-state index is 0.0868. The first-order valence-corrected chi connectivity index (χ1v) is 10.7. The average molecular weight is 419 g/mol. The van der Waals surface area contributed by atoms with Crippen LogP contribution in [0.3, 0.4) is 0 Å². The number of hydrogen-bond donors (Lipinski definition) is 3. The summed E-state index contributed by atoms with van der Waals surface area (Å²) in [5, 5.41) is 7.70. The van der Waals surface area contributed by atoms with Gasteiger partial charge in [-0.3, -0.25) is 9.59 Å². The van der Waals surface area contributed by atoms with Crippen LogP contribution in [0, 0.1) is 0 Å². The third-order valence-corrected chi connectivity index (χ3v) is 5.60. The molecule has 0 spiro atoms. The van der Waals surface area contributed by atoms with Crippen molar-refractivity contribution in [3.8, 4) is 0 Å². The van der Waals surface area contributed by atoms with Gasteiger partial charge in [-0.25, -0.2) is 4.98 Å². The SMILES string of the molecule is O=C(NCCCc1nc2ccccc2[nH]1)c1ccc(CNC(=O)c2cccs2)cc1. The Balaban J connectivity index is 1.21. The second-order valence-electron chi connectivity index (χ2n) is 6.92. The zero-order valence-electron chi connectivity index (χ0n) is 16.4. The number of imidazole rings is 1. The molecule has 0 saturated carbocycles. The number of carbonyl (C=O) groups excluding carboxylic acids is 2. The number of nitrogens with one attached hydrogen (secondary N) is 3. The van der Waals surface area contributed by atoms with Gasteiger partial charge in [0.1, 0.15) is 5.82 Å². The van der Waals surface area contributed by atoms with E-state index in [4.69, 9.17) is 0 Å². The van der Waals surface area contributed by atoms with E-state index in [0.29, 0.717) is 23.5 Å². The van der Waals surface area contributed by atoms with Gasteiger partial charge in [-0.15, -0.1) is 11.3 Å². The van der Waals surface area contributed by atoms with Gasteiger partial charge in [0, 0.05) is 25.1 Å². The largest absolute Gasteiger partial charge is 0.352 e. The molecule has 0 fully saturated rings. The van der Waals surface area contributed by atoms with Crippen molar-refractivity contribution in [2.75, 3.05) is 6.54 Å². The number of fused-ring (bicyclic) bond motifs is 1. The minimum atomic E-state index is -0.103. The Morgan fingerprint density at radius 2 is 1.77 bits per heavy atom. The molecular formula is C23H22N4O2S. The first-order valence-electron chi connectivity index (χ1n) is 9.81. The maximum absolute atomic E-state index is 12.3. The summed E-state index contributed by atoms with van der Waals surface area (Å²) in [7, 11) is 0. The molecule has 2 aromatic heterocycles. The molecule has 2 heterocycles. The molecule has 0 unspecified atom stereocenters. The molecular weight excluding hydrogens is 396 g/mol. The van der Waals surface area contributed by atoms with Crippen LogP contribution in [-0.2, 0) is 13.0 Å². The topological polar surface area (TPSA) is 86.9 Å². The Morgan fingerprint density at radius 1 is 0.933 bits per heavy atom. The summed E-state index contributed by atoms with van der Waals surface area (Å²) in [5.74, 6) is 0.740. The van der Waals surface area contributed by atoms with Crippen molar-refractivity contribution in [1.82, 2.24) is 20.6 Å². The number of benzene rings is 2. The van der Waals surface area contributed by atoms with E-state index in [1.807, 2.05) is 47.8 Å². The number of nitrogens with zero attached hydrogens (tertiary/aromatic N) is 1. The molecule has 2 amide bonds. The lowest BCUT2D eigenvalue weighted by Gasteiger charge is -2.07.